The molecule has 13 heavy (non-hydrogen) atoms. The van der Waals surface area contributed by atoms with Crippen LogP contribution in [0.4, 0.5) is 0 Å². The summed E-state index contributed by atoms with van der Waals surface area (Å²) < 4.78 is 0. The summed E-state index contributed by atoms with van der Waals surface area (Å²) in [6.45, 7) is 1.48. The Hall–Kier alpha value is -1.10. The zero-order chi connectivity index (χ0) is 9.84. The first-order valence-corrected chi connectivity index (χ1v) is 4.37. The molecule has 1 fully saturated rings. The topological polar surface area (TPSA) is 83.6 Å². The van der Waals surface area contributed by atoms with E-state index >= 15 is 0 Å². The number of carboxylic acids is 1. The summed E-state index contributed by atoms with van der Waals surface area (Å²) in [7, 11) is 0. The second kappa shape index (κ2) is 4.23. The number of nitrogens with zero attached hydrogens (tertiary/aromatic N) is 1. The zero-order valence-corrected chi connectivity index (χ0v) is 7.40. The Bertz CT molecular complexity index is 211. The minimum absolute atomic E-state index is 0.0880. The van der Waals surface area contributed by atoms with Gasteiger partial charge < -0.3 is 15.7 Å². The number of hydrogen-bond donors (Lipinski definition) is 2. The molecular formula is C8H14N2O3. The number of amides is 1. The van der Waals surface area contributed by atoms with Crippen LogP contribution < -0.4 is 5.73 Å². The standard InChI is InChI=1S/C8H14N2O3/c9-6(8(12)13)5-7(11)10-3-1-2-4-10/h6H,1-5,9H2,(H,12,13)/t6-/m1/s1. The van der Waals surface area contributed by atoms with Crippen LogP contribution in [0.3, 0.4) is 0 Å². The lowest BCUT2D eigenvalue weighted by Gasteiger charge is -2.16. The number of carboxylic acid groups (broad SMARTS) is 1. The lowest BCUT2D eigenvalue weighted by molar-refractivity contribution is -0.142. The largest absolute Gasteiger partial charge is 0.480 e. The molecule has 0 aromatic rings. The first-order valence-electron chi connectivity index (χ1n) is 4.37. The SMILES string of the molecule is N[C@H](CC(=O)N1CCCC1)C(=O)O. The molecule has 1 saturated heterocycles. The second-order valence-corrected chi connectivity index (χ2v) is 3.24. The van der Waals surface area contributed by atoms with Crippen molar-refractivity contribution in [2.75, 3.05) is 13.1 Å². The smallest absolute Gasteiger partial charge is 0.321 e. The fourth-order valence-corrected chi connectivity index (χ4v) is 1.37. The van der Waals surface area contributed by atoms with Gasteiger partial charge in [-0.25, -0.2) is 0 Å². The van der Waals surface area contributed by atoms with Gasteiger partial charge in [0.2, 0.25) is 5.91 Å². The maximum absolute atomic E-state index is 11.3. The van der Waals surface area contributed by atoms with Crippen LogP contribution in [0.1, 0.15) is 19.3 Å². The monoisotopic (exact) mass is 186 g/mol. The Balaban J connectivity index is 2.35. The molecule has 0 bridgehead atoms. The lowest BCUT2D eigenvalue weighted by atomic mass is 10.2. The average Bonchev–Trinajstić information content (AvgIpc) is 2.55. The number of nitrogens with two attached hydrogens (primary N) is 1. The van der Waals surface area contributed by atoms with E-state index in [4.69, 9.17) is 10.8 Å². The van der Waals surface area contributed by atoms with Gasteiger partial charge in [-0.05, 0) is 12.8 Å². The van der Waals surface area contributed by atoms with Gasteiger partial charge in [0.25, 0.3) is 0 Å². The van der Waals surface area contributed by atoms with Crippen molar-refractivity contribution in [1.82, 2.24) is 4.90 Å². The molecule has 0 spiro atoms. The number of rotatable bonds is 3. The Morgan fingerprint density at radius 1 is 1.38 bits per heavy atom. The molecule has 0 aliphatic carbocycles. The van der Waals surface area contributed by atoms with Crippen molar-refractivity contribution >= 4 is 11.9 Å². The van der Waals surface area contributed by atoms with Crippen molar-refractivity contribution in [2.45, 2.75) is 25.3 Å². The molecule has 1 rings (SSSR count). The molecule has 0 radical (unpaired) electrons. The Labute approximate surface area is 76.5 Å². The second-order valence-electron chi connectivity index (χ2n) is 3.24. The van der Waals surface area contributed by atoms with E-state index in [2.05, 4.69) is 0 Å². The summed E-state index contributed by atoms with van der Waals surface area (Å²) in [5, 5.41) is 8.48. The highest BCUT2D eigenvalue weighted by Crippen LogP contribution is 2.09. The predicted octanol–water partition coefficient (Wildman–Crippen LogP) is -0.589. The van der Waals surface area contributed by atoms with Gasteiger partial charge in [0.1, 0.15) is 6.04 Å². The Kier molecular flexibility index (Phi) is 3.25. The fourth-order valence-electron chi connectivity index (χ4n) is 1.37. The highest BCUT2D eigenvalue weighted by Gasteiger charge is 2.22. The zero-order valence-electron chi connectivity index (χ0n) is 7.40. The molecule has 1 atom stereocenters. The molecular weight excluding hydrogens is 172 g/mol. The molecule has 1 amide bonds. The summed E-state index contributed by atoms with van der Waals surface area (Å²) in [6, 6.07) is -1.06. The fraction of sp³-hybridized carbons (Fsp3) is 0.750. The average molecular weight is 186 g/mol. The molecule has 1 aliphatic rings. The normalized spacial score (nSPS) is 18.7. The summed E-state index contributed by atoms with van der Waals surface area (Å²) in [5.41, 5.74) is 5.24. The van der Waals surface area contributed by atoms with Gasteiger partial charge >= 0.3 is 5.97 Å². The van der Waals surface area contributed by atoms with Crippen LogP contribution in [0, 0.1) is 0 Å². The van der Waals surface area contributed by atoms with Crippen molar-refractivity contribution in [3.63, 3.8) is 0 Å². The molecule has 3 N–H and O–H groups in total. The first-order chi connectivity index (χ1) is 6.11. The third kappa shape index (κ3) is 2.69. The van der Waals surface area contributed by atoms with E-state index in [1.54, 1.807) is 4.90 Å². The van der Waals surface area contributed by atoms with Gasteiger partial charge in [-0.15, -0.1) is 0 Å². The van der Waals surface area contributed by atoms with Crippen LogP contribution in [0.25, 0.3) is 0 Å². The lowest BCUT2D eigenvalue weighted by Crippen LogP contribution is -2.38. The number of hydrogen-bond acceptors (Lipinski definition) is 3. The third-order valence-corrected chi connectivity index (χ3v) is 2.17. The summed E-state index contributed by atoms with van der Waals surface area (Å²) >= 11 is 0. The van der Waals surface area contributed by atoms with E-state index in [0.29, 0.717) is 0 Å². The summed E-state index contributed by atoms with van der Waals surface area (Å²) in [5.74, 6) is -1.26. The molecule has 1 aliphatic heterocycles. The van der Waals surface area contributed by atoms with E-state index in [-0.39, 0.29) is 12.3 Å². The highest BCUT2D eigenvalue weighted by molar-refractivity contribution is 5.84. The highest BCUT2D eigenvalue weighted by atomic mass is 16.4. The van der Waals surface area contributed by atoms with E-state index < -0.39 is 12.0 Å². The van der Waals surface area contributed by atoms with Crippen LogP contribution in [0.2, 0.25) is 0 Å². The first kappa shape index (κ1) is 9.98. The van der Waals surface area contributed by atoms with Crippen molar-refractivity contribution in [3.05, 3.63) is 0 Å². The van der Waals surface area contributed by atoms with Crippen molar-refractivity contribution in [1.29, 1.82) is 0 Å². The number of carbonyl (C=O) groups is 2. The molecule has 5 heteroatoms. The van der Waals surface area contributed by atoms with Gasteiger partial charge in [0.05, 0.1) is 6.42 Å². The van der Waals surface area contributed by atoms with Crippen LogP contribution in [-0.4, -0.2) is 41.0 Å². The molecule has 0 unspecified atom stereocenters. The predicted molar refractivity (Wildman–Crippen MR) is 46.0 cm³/mol. The molecule has 0 aromatic heterocycles. The molecule has 0 aromatic carbocycles. The van der Waals surface area contributed by atoms with Crippen molar-refractivity contribution in [3.8, 4) is 0 Å². The molecule has 0 saturated carbocycles. The van der Waals surface area contributed by atoms with Gasteiger partial charge in [0, 0.05) is 13.1 Å². The Morgan fingerprint density at radius 2 is 1.92 bits per heavy atom. The minimum atomic E-state index is -1.12. The van der Waals surface area contributed by atoms with Crippen LogP contribution in [0.5, 0.6) is 0 Å². The van der Waals surface area contributed by atoms with E-state index in [1.807, 2.05) is 0 Å². The van der Waals surface area contributed by atoms with Gasteiger partial charge in [0.15, 0.2) is 0 Å². The van der Waals surface area contributed by atoms with Crippen molar-refractivity contribution in [2.24, 2.45) is 5.73 Å². The maximum atomic E-state index is 11.3. The third-order valence-electron chi connectivity index (χ3n) is 2.17. The maximum Gasteiger partial charge on any atom is 0.321 e. The molecule has 1 heterocycles. The number of likely N-dealkylation sites (tertiary alicyclic amines) is 1. The van der Waals surface area contributed by atoms with Gasteiger partial charge in [-0.2, -0.15) is 0 Å². The van der Waals surface area contributed by atoms with E-state index in [1.165, 1.54) is 0 Å². The van der Waals surface area contributed by atoms with Gasteiger partial charge in [-0.1, -0.05) is 0 Å². The van der Waals surface area contributed by atoms with E-state index in [0.717, 1.165) is 25.9 Å². The Morgan fingerprint density at radius 3 is 2.38 bits per heavy atom. The summed E-state index contributed by atoms with van der Waals surface area (Å²) in [4.78, 5) is 23.4. The van der Waals surface area contributed by atoms with Crippen molar-refractivity contribution < 1.29 is 14.7 Å². The molecule has 74 valence electrons. The van der Waals surface area contributed by atoms with Crippen LogP contribution >= 0.6 is 0 Å². The number of carbonyl (C=O) groups excluding carboxylic acids is 1. The van der Waals surface area contributed by atoms with E-state index in [9.17, 15) is 9.59 Å². The summed E-state index contributed by atoms with van der Waals surface area (Å²) in [6.07, 6.45) is 1.93. The van der Waals surface area contributed by atoms with Crippen LogP contribution in [-0.2, 0) is 9.59 Å². The molecule has 5 nitrogen and oxygen atoms in total. The van der Waals surface area contributed by atoms with Crippen LogP contribution in [0.15, 0.2) is 0 Å². The quantitative estimate of drug-likeness (QED) is 0.617. The number of aliphatic carboxylic acids is 1. The van der Waals surface area contributed by atoms with Gasteiger partial charge in [-0.3, -0.25) is 9.59 Å². The minimum Gasteiger partial charge on any atom is -0.480 e.